The monoisotopic (exact) mass is 395 g/mol. The van der Waals surface area contributed by atoms with Gasteiger partial charge in [0.05, 0.1) is 12.0 Å². The molecule has 1 aromatic rings. The lowest BCUT2D eigenvalue weighted by molar-refractivity contribution is 0.555. The molecule has 0 spiro atoms. The van der Waals surface area contributed by atoms with Crippen LogP contribution in [0.3, 0.4) is 0 Å². The molecular formula is C21H37N3O2S. The van der Waals surface area contributed by atoms with E-state index in [1.807, 2.05) is 43.3 Å². The summed E-state index contributed by atoms with van der Waals surface area (Å²) in [5.41, 5.74) is 1.95. The second-order valence-corrected chi connectivity index (χ2v) is 9.16. The predicted molar refractivity (Wildman–Crippen MR) is 117 cm³/mol. The Morgan fingerprint density at radius 2 is 1.41 bits per heavy atom. The van der Waals surface area contributed by atoms with Crippen molar-refractivity contribution in [2.45, 2.75) is 71.1 Å². The average molecular weight is 396 g/mol. The highest BCUT2D eigenvalue weighted by Crippen LogP contribution is 2.12. The van der Waals surface area contributed by atoms with Crippen LogP contribution in [0.15, 0.2) is 29.4 Å². The van der Waals surface area contributed by atoms with E-state index in [1.165, 1.54) is 51.2 Å². The highest BCUT2D eigenvalue weighted by Gasteiger charge is 2.07. The van der Waals surface area contributed by atoms with E-state index in [4.69, 9.17) is 0 Å². The number of nitrogens with zero attached hydrogens (tertiary/aromatic N) is 2. The van der Waals surface area contributed by atoms with E-state index in [2.05, 4.69) is 16.9 Å². The van der Waals surface area contributed by atoms with Crippen molar-refractivity contribution in [2.75, 3.05) is 24.7 Å². The maximum atomic E-state index is 12.0. The van der Waals surface area contributed by atoms with Gasteiger partial charge in [-0.15, -0.1) is 0 Å². The van der Waals surface area contributed by atoms with Crippen LogP contribution in [0.4, 0.5) is 5.69 Å². The van der Waals surface area contributed by atoms with Crippen LogP contribution in [-0.4, -0.2) is 34.5 Å². The molecule has 1 N–H and O–H groups in total. The van der Waals surface area contributed by atoms with Crippen molar-refractivity contribution in [2.24, 2.45) is 5.10 Å². The van der Waals surface area contributed by atoms with Crippen molar-refractivity contribution < 1.29 is 8.42 Å². The van der Waals surface area contributed by atoms with Crippen LogP contribution < -0.4 is 9.73 Å². The second-order valence-electron chi connectivity index (χ2n) is 7.34. The number of benzene rings is 1. The number of hydrogen-bond acceptors (Lipinski definition) is 4. The Labute approximate surface area is 166 Å². The molecule has 0 aliphatic rings. The Balaban J connectivity index is 2.15. The molecule has 0 fully saturated rings. The molecule has 5 nitrogen and oxygen atoms in total. The molecule has 0 aliphatic heterocycles. The molecule has 154 valence electrons. The van der Waals surface area contributed by atoms with Gasteiger partial charge in [0.2, 0.25) is 10.0 Å². The van der Waals surface area contributed by atoms with Gasteiger partial charge in [0.1, 0.15) is 0 Å². The lowest BCUT2D eigenvalue weighted by Gasteiger charge is -2.11. The smallest absolute Gasteiger partial charge is 0.247 e. The van der Waals surface area contributed by atoms with Crippen molar-refractivity contribution in [1.29, 1.82) is 0 Å². The summed E-state index contributed by atoms with van der Waals surface area (Å²) in [7, 11) is 0.617. The van der Waals surface area contributed by atoms with Gasteiger partial charge in [-0.3, -0.25) is 0 Å². The second kappa shape index (κ2) is 13.6. The molecular weight excluding hydrogens is 358 g/mol. The Morgan fingerprint density at radius 1 is 0.889 bits per heavy atom. The molecule has 27 heavy (non-hydrogen) atoms. The Bertz CT molecular complexity index is 625. The van der Waals surface area contributed by atoms with Gasteiger partial charge in [0.25, 0.3) is 0 Å². The Kier molecular flexibility index (Phi) is 11.8. The lowest BCUT2D eigenvalue weighted by Crippen LogP contribution is -2.21. The molecule has 0 saturated heterocycles. The lowest BCUT2D eigenvalue weighted by atomic mass is 10.1. The molecule has 0 saturated carbocycles. The maximum absolute atomic E-state index is 12.0. The first-order valence-corrected chi connectivity index (χ1v) is 11.9. The van der Waals surface area contributed by atoms with Gasteiger partial charge in [-0.25, -0.2) is 13.2 Å². The average Bonchev–Trinajstić information content (AvgIpc) is 2.63. The van der Waals surface area contributed by atoms with Gasteiger partial charge in [0, 0.05) is 19.8 Å². The fourth-order valence-corrected chi connectivity index (χ4v) is 3.75. The summed E-state index contributed by atoms with van der Waals surface area (Å²) >= 11 is 0. The summed E-state index contributed by atoms with van der Waals surface area (Å²) in [6.07, 6.45) is 13.4. The van der Waals surface area contributed by atoms with Crippen molar-refractivity contribution in [3.05, 3.63) is 29.8 Å². The minimum Gasteiger partial charge on any atom is -0.378 e. The number of anilines is 1. The summed E-state index contributed by atoms with van der Waals surface area (Å²) in [6, 6.07) is 7.77. The predicted octanol–water partition coefficient (Wildman–Crippen LogP) is 4.93. The zero-order valence-corrected chi connectivity index (χ0v) is 18.1. The molecule has 0 radical (unpaired) electrons. The number of rotatable bonds is 15. The highest BCUT2D eigenvalue weighted by atomic mass is 32.2. The highest BCUT2D eigenvalue weighted by molar-refractivity contribution is 7.89. The molecule has 1 aromatic carbocycles. The number of hydrogen-bond donors (Lipinski definition) is 1. The van der Waals surface area contributed by atoms with Crippen LogP contribution in [0.1, 0.15) is 76.7 Å². The first-order chi connectivity index (χ1) is 12.9. The van der Waals surface area contributed by atoms with Crippen molar-refractivity contribution in [1.82, 2.24) is 4.83 Å². The SMILES string of the molecule is CCCCCCCCCCCCS(=O)(=O)NN=Cc1ccc(N(C)C)cc1. The third kappa shape index (κ3) is 11.7. The summed E-state index contributed by atoms with van der Waals surface area (Å²) in [5.74, 6) is 0.139. The van der Waals surface area contributed by atoms with E-state index in [9.17, 15) is 8.42 Å². The molecule has 0 unspecified atom stereocenters. The molecule has 1 rings (SSSR count). The Hall–Kier alpha value is -1.56. The molecule has 0 amide bonds. The van der Waals surface area contributed by atoms with Gasteiger partial charge >= 0.3 is 0 Å². The van der Waals surface area contributed by atoms with Gasteiger partial charge in [-0.1, -0.05) is 76.8 Å². The first kappa shape index (κ1) is 23.5. The van der Waals surface area contributed by atoms with E-state index in [-0.39, 0.29) is 5.75 Å². The van der Waals surface area contributed by atoms with Crippen LogP contribution in [-0.2, 0) is 10.0 Å². The number of sulfonamides is 1. The van der Waals surface area contributed by atoms with E-state index in [1.54, 1.807) is 0 Å². The van der Waals surface area contributed by atoms with Crippen LogP contribution in [0, 0.1) is 0 Å². The number of hydrazone groups is 1. The maximum Gasteiger partial charge on any atom is 0.247 e. The summed E-state index contributed by atoms with van der Waals surface area (Å²) in [5, 5.41) is 3.88. The van der Waals surface area contributed by atoms with Crippen molar-refractivity contribution in [3.8, 4) is 0 Å². The molecule has 6 heteroatoms. The van der Waals surface area contributed by atoms with Crippen molar-refractivity contribution >= 4 is 21.9 Å². The summed E-state index contributed by atoms with van der Waals surface area (Å²) in [4.78, 5) is 4.32. The molecule has 0 bridgehead atoms. The quantitative estimate of drug-likeness (QED) is 0.260. The topological polar surface area (TPSA) is 61.8 Å². The number of unbranched alkanes of at least 4 members (excludes halogenated alkanes) is 9. The van der Waals surface area contributed by atoms with Gasteiger partial charge in [-0.2, -0.15) is 5.10 Å². The zero-order valence-electron chi connectivity index (χ0n) is 17.3. The van der Waals surface area contributed by atoms with Crippen LogP contribution in [0.25, 0.3) is 0 Å². The Morgan fingerprint density at radius 3 is 1.93 bits per heavy atom. The van der Waals surface area contributed by atoms with Crippen molar-refractivity contribution in [3.63, 3.8) is 0 Å². The minimum atomic E-state index is -3.34. The third-order valence-corrected chi connectivity index (χ3v) is 5.79. The fraction of sp³-hybridized carbons (Fsp3) is 0.667. The number of nitrogens with one attached hydrogen (secondary N) is 1. The molecule has 0 heterocycles. The van der Waals surface area contributed by atoms with E-state index < -0.39 is 10.0 Å². The van der Waals surface area contributed by atoms with Gasteiger partial charge < -0.3 is 4.90 Å². The molecule has 0 atom stereocenters. The van der Waals surface area contributed by atoms with Gasteiger partial charge in [-0.05, 0) is 24.1 Å². The standard InChI is InChI=1S/C21H37N3O2S/c1-4-5-6-7-8-9-10-11-12-13-18-27(25,26)23-22-19-20-14-16-21(17-15-20)24(2)3/h14-17,19,23H,4-13,18H2,1-3H3. The molecule has 0 aliphatic carbocycles. The van der Waals surface area contributed by atoms with Crippen LogP contribution in [0.5, 0.6) is 0 Å². The van der Waals surface area contributed by atoms with E-state index >= 15 is 0 Å². The molecule has 0 aromatic heterocycles. The van der Waals surface area contributed by atoms with E-state index in [0.717, 1.165) is 24.1 Å². The normalized spacial score (nSPS) is 11.8. The van der Waals surface area contributed by atoms with E-state index in [0.29, 0.717) is 6.42 Å². The minimum absolute atomic E-state index is 0.139. The van der Waals surface area contributed by atoms with Crippen LogP contribution in [0.2, 0.25) is 0 Å². The van der Waals surface area contributed by atoms with Gasteiger partial charge in [0.15, 0.2) is 0 Å². The third-order valence-electron chi connectivity index (χ3n) is 4.58. The summed E-state index contributed by atoms with van der Waals surface area (Å²) in [6.45, 7) is 2.23. The summed E-state index contributed by atoms with van der Waals surface area (Å²) < 4.78 is 23.9. The zero-order chi connectivity index (χ0) is 20.0. The fourth-order valence-electron chi connectivity index (χ4n) is 2.86. The first-order valence-electron chi connectivity index (χ1n) is 10.2. The van der Waals surface area contributed by atoms with Crippen LogP contribution >= 0.6 is 0 Å². The largest absolute Gasteiger partial charge is 0.378 e.